The van der Waals surface area contributed by atoms with Crippen LogP contribution < -0.4 is 10.6 Å². The molecule has 0 bridgehead atoms. The summed E-state index contributed by atoms with van der Waals surface area (Å²) in [6, 6.07) is 3.96. The molecule has 0 unspecified atom stereocenters. The predicted molar refractivity (Wildman–Crippen MR) is 80.4 cm³/mol. The predicted octanol–water partition coefficient (Wildman–Crippen LogP) is 2.58. The van der Waals surface area contributed by atoms with Crippen LogP contribution in [-0.2, 0) is 0 Å². The molecule has 0 radical (unpaired) electrons. The maximum Gasteiger partial charge on any atom is 0.319 e. The van der Waals surface area contributed by atoms with Crippen molar-refractivity contribution in [1.29, 1.82) is 0 Å². The molecule has 7 nitrogen and oxygen atoms in total. The minimum atomic E-state index is -0.934. The van der Waals surface area contributed by atoms with E-state index in [1.807, 2.05) is 13.8 Å². The van der Waals surface area contributed by atoms with E-state index in [0.717, 1.165) is 0 Å². The third kappa shape index (κ3) is 4.71. The van der Waals surface area contributed by atoms with Gasteiger partial charge in [0.2, 0.25) is 0 Å². The van der Waals surface area contributed by atoms with Crippen molar-refractivity contribution in [3.63, 3.8) is 0 Å². The smallest absolute Gasteiger partial charge is 0.319 e. The van der Waals surface area contributed by atoms with Gasteiger partial charge in [0.25, 0.3) is 5.69 Å². The van der Waals surface area contributed by atoms with E-state index in [-0.39, 0.29) is 12.2 Å². The maximum absolute atomic E-state index is 11.8. The van der Waals surface area contributed by atoms with Gasteiger partial charge in [-0.3, -0.25) is 10.1 Å². The number of amides is 2. The van der Waals surface area contributed by atoms with Crippen LogP contribution >= 0.6 is 0 Å². The maximum atomic E-state index is 11.8. The SMILES string of the molecule is CCC(O)(CC)CNC(=O)Nc1ccc(C)c([N+](=O)[O-])c1. The third-order valence-electron chi connectivity index (χ3n) is 3.56. The fraction of sp³-hybridized carbons (Fsp3) is 0.500. The summed E-state index contributed by atoms with van der Waals surface area (Å²) in [5.41, 5.74) is -0.124. The van der Waals surface area contributed by atoms with Gasteiger partial charge in [0.1, 0.15) is 0 Å². The molecular formula is C14H21N3O4. The number of anilines is 1. The van der Waals surface area contributed by atoms with Crippen LogP contribution in [0.15, 0.2) is 18.2 Å². The molecule has 0 aromatic heterocycles. The van der Waals surface area contributed by atoms with Crippen LogP contribution in [0.3, 0.4) is 0 Å². The number of nitrogens with one attached hydrogen (secondary N) is 2. The average Bonchev–Trinajstić information content (AvgIpc) is 2.46. The zero-order valence-electron chi connectivity index (χ0n) is 12.5. The van der Waals surface area contributed by atoms with Gasteiger partial charge < -0.3 is 15.7 Å². The fourth-order valence-corrected chi connectivity index (χ4v) is 1.80. The van der Waals surface area contributed by atoms with Crippen molar-refractivity contribution in [3.8, 4) is 0 Å². The van der Waals surface area contributed by atoms with E-state index in [1.54, 1.807) is 19.1 Å². The lowest BCUT2D eigenvalue weighted by Gasteiger charge is -2.25. The molecule has 0 aliphatic carbocycles. The highest BCUT2D eigenvalue weighted by Gasteiger charge is 2.22. The Hall–Kier alpha value is -2.15. The highest BCUT2D eigenvalue weighted by atomic mass is 16.6. The third-order valence-corrected chi connectivity index (χ3v) is 3.56. The molecule has 116 valence electrons. The van der Waals surface area contributed by atoms with Gasteiger partial charge in [-0.15, -0.1) is 0 Å². The second kappa shape index (κ2) is 7.03. The summed E-state index contributed by atoms with van der Waals surface area (Å²) >= 11 is 0. The van der Waals surface area contributed by atoms with Crippen LogP contribution in [0.4, 0.5) is 16.2 Å². The van der Waals surface area contributed by atoms with Crippen molar-refractivity contribution < 1.29 is 14.8 Å². The van der Waals surface area contributed by atoms with Crippen molar-refractivity contribution in [2.24, 2.45) is 0 Å². The summed E-state index contributed by atoms with van der Waals surface area (Å²) in [6.07, 6.45) is 1.06. The number of nitrogens with zero attached hydrogens (tertiary/aromatic N) is 1. The van der Waals surface area contributed by atoms with Gasteiger partial charge in [0, 0.05) is 23.9 Å². The molecule has 0 saturated heterocycles. The van der Waals surface area contributed by atoms with Crippen LogP contribution in [0.2, 0.25) is 0 Å². The minimum Gasteiger partial charge on any atom is -0.388 e. The summed E-state index contributed by atoms with van der Waals surface area (Å²) in [5.74, 6) is 0. The summed E-state index contributed by atoms with van der Waals surface area (Å²) < 4.78 is 0. The Bertz CT molecular complexity index is 527. The quantitative estimate of drug-likeness (QED) is 0.554. The second-order valence-corrected chi connectivity index (χ2v) is 5.00. The lowest BCUT2D eigenvalue weighted by Crippen LogP contribution is -2.43. The van der Waals surface area contributed by atoms with Crippen LogP contribution in [0.25, 0.3) is 0 Å². The molecule has 7 heteroatoms. The van der Waals surface area contributed by atoms with Gasteiger partial charge in [0.05, 0.1) is 10.5 Å². The molecule has 0 heterocycles. The molecule has 21 heavy (non-hydrogen) atoms. The number of urea groups is 1. The molecule has 2 amide bonds. The fourth-order valence-electron chi connectivity index (χ4n) is 1.80. The first kappa shape index (κ1) is 16.9. The van der Waals surface area contributed by atoms with Gasteiger partial charge in [0.15, 0.2) is 0 Å². The highest BCUT2D eigenvalue weighted by molar-refractivity contribution is 5.89. The summed E-state index contributed by atoms with van der Waals surface area (Å²) in [4.78, 5) is 22.1. The first-order valence-corrected chi connectivity index (χ1v) is 6.83. The Morgan fingerprint density at radius 2 is 2.00 bits per heavy atom. The van der Waals surface area contributed by atoms with Gasteiger partial charge in [-0.1, -0.05) is 19.9 Å². The van der Waals surface area contributed by atoms with Gasteiger partial charge in [-0.05, 0) is 25.8 Å². The number of carbonyl (C=O) groups excluding carboxylic acids is 1. The van der Waals surface area contributed by atoms with Crippen molar-refractivity contribution >= 4 is 17.4 Å². The van der Waals surface area contributed by atoms with E-state index in [1.165, 1.54) is 6.07 Å². The van der Waals surface area contributed by atoms with Gasteiger partial charge in [-0.25, -0.2) is 4.79 Å². The molecule has 0 aliphatic rings. The van der Waals surface area contributed by atoms with E-state index < -0.39 is 16.6 Å². The van der Waals surface area contributed by atoms with Crippen molar-refractivity contribution in [2.75, 3.05) is 11.9 Å². The monoisotopic (exact) mass is 295 g/mol. The number of hydrogen-bond donors (Lipinski definition) is 3. The number of nitro groups is 1. The standard InChI is InChI=1S/C14H21N3O4/c1-4-14(19,5-2)9-15-13(18)16-11-7-6-10(3)12(8-11)17(20)21/h6-8,19H,4-5,9H2,1-3H3,(H2,15,16,18). The van der Waals surface area contributed by atoms with Crippen LogP contribution in [0.1, 0.15) is 32.3 Å². The molecule has 1 aromatic rings. The molecule has 0 atom stereocenters. The van der Waals surface area contributed by atoms with Crippen molar-refractivity contribution in [1.82, 2.24) is 5.32 Å². The lowest BCUT2D eigenvalue weighted by molar-refractivity contribution is -0.385. The topological polar surface area (TPSA) is 104 Å². The van der Waals surface area contributed by atoms with Crippen LogP contribution in [0, 0.1) is 17.0 Å². The Kier molecular flexibility index (Phi) is 5.66. The molecule has 3 N–H and O–H groups in total. The zero-order chi connectivity index (χ0) is 16.0. The molecule has 0 aliphatic heterocycles. The summed E-state index contributed by atoms with van der Waals surface area (Å²) in [7, 11) is 0. The van der Waals surface area contributed by atoms with Gasteiger partial charge >= 0.3 is 6.03 Å². The lowest BCUT2D eigenvalue weighted by atomic mass is 9.98. The number of rotatable bonds is 6. The first-order chi connectivity index (χ1) is 9.81. The van der Waals surface area contributed by atoms with Crippen molar-refractivity contribution in [3.05, 3.63) is 33.9 Å². The Labute approximate surface area is 123 Å². The molecule has 1 aromatic carbocycles. The van der Waals surface area contributed by atoms with E-state index in [4.69, 9.17) is 0 Å². The molecular weight excluding hydrogens is 274 g/mol. The van der Waals surface area contributed by atoms with Crippen LogP contribution in [-0.4, -0.2) is 28.2 Å². The second-order valence-electron chi connectivity index (χ2n) is 5.00. The number of aliphatic hydroxyl groups is 1. The van der Waals surface area contributed by atoms with Crippen molar-refractivity contribution in [2.45, 2.75) is 39.2 Å². The first-order valence-electron chi connectivity index (χ1n) is 6.83. The molecule has 0 spiro atoms. The Morgan fingerprint density at radius 3 is 2.52 bits per heavy atom. The Morgan fingerprint density at radius 1 is 1.38 bits per heavy atom. The largest absolute Gasteiger partial charge is 0.388 e. The van der Waals surface area contributed by atoms with E-state index in [9.17, 15) is 20.0 Å². The number of benzene rings is 1. The van der Waals surface area contributed by atoms with Crippen LogP contribution in [0.5, 0.6) is 0 Å². The summed E-state index contributed by atoms with van der Waals surface area (Å²) in [6.45, 7) is 5.43. The number of aryl methyl sites for hydroxylation is 1. The number of hydrogen-bond acceptors (Lipinski definition) is 4. The molecule has 0 saturated carbocycles. The molecule has 1 rings (SSSR count). The van der Waals surface area contributed by atoms with Gasteiger partial charge in [-0.2, -0.15) is 0 Å². The highest BCUT2D eigenvalue weighted by Crippen LogP contribution is 2.22. The van der Waals surface area contributed by atoms with E-state index >= 15 is 0 Å². The normalized spacial score (nSPS) is 11.0. The zero-order valence-corrected chi connectivity index (χ0v) is 12.5. The minimum absolute atomic E-state index is 0.0496. The van der Waals surface area contributed by atoms with E-state index in [2.05, 4.69) is 10.6 Å². The summed E-state index contributed by atoms with van der Waals surface area (Å²) in [5, 5.41) is 26.0. The Balaban J connectivity index is 2.67. The number of carbonyl (C=O) groups is 1. The van der Waals surface area contributed by atoms with E-state index in [0.29, 0.717) is 24.1 Å². The molecule has 0 fully saturated rings. The number of nitro benzene ring substituents is 1. The average molecular weight is 295 g/mol.